The van der Waals surface area contributed by atoms with Gasteiger partial charge in [0, 0.05) is 24.1 Å². The van der Waals surface area contributed by atoms with Crippen molar-refractivity contribution < 1.29 is 9.63 Å². The summed E-state index contributed by atoms with van der Waals surface area (Å²) in [7, 11) is 0. The maximum atomic E-state index is 12.6. The Morgan fingerprint density at radius 2 is 2.04 bits per heavy atom. The molecule has 7 atom stereocenters. The Labute approximate surface area is 158 Å². The molecule has 4 aliphatic carbocycles. The van der Waals surface area contributed by atoms with Crippen LogP contribution in [0.3, 0.4) is 0 Å². The number of fused-ring (bicyclic) bond motifs is 5. The van der Waals surface area contributed by atoms with Crippen molar-refractivity contribution in [2.45, 2.75) is 65.7 Å². The lowest BCUT2D eigenvalue weighted by molar-refractivity contribution is -0.139. The Morgan fingerprint density at radius 3 is 2.81 bits per heavy atom. The first-order chi connectivity index (χ1) is 12.4. The van der Waals surface area contributed by atoms with Gasteiger partial charge in [0.15, 0.2) is 0 Å². The zero-order chi connectivity index (χ0) is 18.5. The molecule has 0 aromatic heterocycles. The van der Waals surface area contributed by atoms with Crippen LogP contribution < -0.4 is 11.2 Å². The van der Waals surface area contributed by atoms with Gasteiger partial charge in [-0.25, -0.2) is 0 Å². The lowest BCUT2D eigenvalue weighted by Crippen LogP contribution is -2.54. The van der Waals surface area contributed by atoms with Crippen LogP contribution in [0.4, 0.5) is 0 Å². The van der Waals surface area contributed by atoms with Crippen molar-refractivity contribution in [1.29, 1.82) is 0 Å². The van der Waals surface area contributed by atoms with Crippen LogP contribution in [0, 0.1) is 40.4 Å². The summed E-state index contributed by atoms with van der Waals surface area (Å²) in [6.07, 6.45) is 10.4. The second-order valence-corrected chi connectivity index (χ2v) is 9.97. The largest absolute Gasteiger partial charge is 0.328 e. The minimum Gasteiger partial charge on any atom is -0.328 e. The highest BCUT2D eigenvalue weighted by Gasteiger charge is 2.60. The van der Waals surface area contributed by atoms with Crippen molar-refractivity contribution in [2.75, 3.05) is 13.2 Å². The Hall–Kier alpha value is -0.870. The molecule has 0 aromatic carbocycles. The number of hydroxylamine groups is 1. The number of Topliss-reactive ketones (excluding diaryl/α,β-unsaturated/α-hetero) is 1. The van der Waals surface area contributed by atoms with Crippen LogP contribution in [0.2, 0.25) is 0 Å². The number of ketones is 1. The molecule has 0 radical (unpaired) electrons. The number of nitrogens with two attached hydrogens (primary N) is 1. The first-order valence-electron chi connectivity index (χ1n) is 10.7. The van der Waals surface area contributed by atoms with Crippen molar-refractivity contribution in [1.82, 2.24) is 5.48 Å². The molecular formula is C22H36N2O2. The van der Waals surface area contributed by atoms with E-state index in [0.29, 0.717) is 42.1 Å². The molecule has 26 heavy (non-hydrogen) atoms. The average Bonchev–Trinajstić information content (AvgIpc) is 2.92. The van der Waals surface area contributed by atoms with Gasteiger partial charge in [-0.3, -0.25) is 15.1 Å². The Bertz CT molecular complexity index is 603. The molecule has 0 heterocycles. The molecule has 0 aliphatic heterocycles. The maximum Gasteiger partial charge on any atom is 0.139 e. The third-order valence-corrected chi connectivity index (χ3v) is 8.75. The summed E-state index contributed by atoms with van der Waals surface area (Å²) in [6, 6.07) is 0. The molecule has 4 nitrogen and oxygen atoms in total. The molecule has 0 spiro atoms. The van der Waals surface area contributed by atoms with E-state index in [0.717, 1.165) is 37.5 Å². The van der Waals surface area contributed by atoms with E-state index in [4.69, 9.17) is 10.6 Å². The molecule has 0 aromatic rings. The van der Waals surface area contributed by atoms with Crippen LogP contribution in [-0.2, 0) is 9.63 Å². The van der Waals surface area contributed by atoms with Gasteiger partial charge in [0.25, 0.3) is 0 Å². The number of nitrogens with one attached hydrogen (secondary N) is 1. The fourth-order valence-corrected chi connectivity index (χ4v) is 7.38. The van der Waals surface area contributed by atoms with Crippen molar-refractivity contribution in [3.63, 3.8) is 0 Å². The number of rotatable bonds is 4. The smallest absolute Gasteiger partial charge is 0.139 e. The van der Waals surface area contributed by atoms with Crippen molar-refractivity contribution in [3.05, 3.63) is 11.8 Å². The van der Waals surface area contributed by atoms with Gasteiger partial charge in [-0.05, 0) is 73.5 Å². The summed E-state index contributed by atoms with van der Waals surface area (Å²) in [4.78, 5) is 18.1. The molecule has 0 saturated heterocycles. The first kappa shape index (κ1) is 18.5. The second-order valence-electron chi connectivity index (χ2n) is 9.97. The van der Waals surface area contributed by atoms with Gasteiger partial charge in [0.05, 0.1) is 6.61 Å². The molecule has 3 fully saturated rings. The predicted octanol–water partition coefficient (Wildman–Crippen LogP) is 3.82. The quantitative estimate of drug-likeness (QED) is 0.591. The number of hydrogen-bond acceptors (Lipinski definition) is 4. The van der Waals surface area contributed by atoms with Gasteiger partial charge < -0.3 is 5.73 Å². The summed E-state index contributed by atoms with van der Waals surface area (Å²) < 4.78 is 0. The molecule has 4 aliphatic rings. The fraction of sp³-hybridized carbons (Fsp3) is 0.864. The van der Waals surface area contributed by atoms with E-state index < -0.39 is 0 Å². The highest BCUT2D eigenvalue weighted by Crippen LogP contribution is 2.66. The molecule has 4 heteroatoms. The van der Waals surface area contributed by atoms with Crippen molar-refractivity contribution in [2.24, 2.45) is 46.2 Å². The van der Waals surface area contributed by atoms with Gasteiger partial charge in [-0.15, -0.1) is 0 Å². The van der Waals surface area contributed by atoms with Gasteiger partial charge in [-0.1, -0.05) is 26.8 Å². The molecule has 2 unspecified atom stereocenters. The van der Waals surface area contributed by atoms with Crippen LogP contribution in [-0.4, -0.2) is 18.9 Å². The Kier molecular flexibility index (Phi) is 4.71. The van der Waals surface area contributed by atoms with Crippen LogP contribution in [0.15, 0.2) is 11.8 Å². The first-order valence-corrected chi connectivity index (χ1v) is 10.7. The van der Waals surface area contributed by atoms with E-state index in [2.05, 4.69) is 32.3 Å². The van der Waals surface area contributed by atoms with E-state index in [1.807, 2.05) is 0 Å². The summed E-state index contributed by atoms with van der Waals surface area (Å²) in [5.74, 6) is 3.98. The molecule has 0 bridgehead atoms. The number of carbonyl (C=O) groups is 1. The SMILES string of the molecule is CC1C[C@@H]2[C@@H](CC[C@]3(C)C(=O)CC[C@@H]23)[C@@]2(C)CCC(NOCCN)=CC12. The molecular weight excluding hydrogens is 324 g/mol. The van der Waals surface area contributed by atoms with Crippen LogP contribution in [0.5, 0.6) is 0 Å². The third-order valence-electron chi connectivity index (χ3n) is 8.75. The lowest BCUT2D eigenvalue weighted by atomic mass is 9.44. The zero-order valence-electron chi connectivity index (χ0n) is 16.7. The van der Waals surface area contributed by atoms with E-state index in [1.165, 1.54) is 25.0 Å². The number of allylic oxidation sites excluding steroid dienone is 2. The zero-order valence-corrected chi connectivity index (χ0v) is 16.7. The summed E-state index contributed by atoms with van der Waals surface area (Å²) in [6.45, 7) is 8.34. The third kappa shape index (κ3) is 2.67. The maximum absolute atomic E-state index is 12.6. The summed E-state index contributed by atoms with van der Waals surface area (Å²) in [5, 5.41) is 0. The van der Waals surface area contributed by atoms with Gasteiger partial charge >= 0.3 is 0 Å². The van der Waals surface area contributed by atoms with Gasteiger partial charge in [-0.2, -0.15) is 0 Å². The van der Waals surface area contributed by atoms with Gasteiger partial charge in [0.1, 0.15) is 5.78 Å². The Morgan fingerprint density at radius 1 is 1.23 bits per heavy atom. The van der Waals surface area contributed by atoms with Crippen LogP contribution >= 0.6 is 0 Å². The van der Waals surface area contributed by atoms with E-state index in [1.54, 1.807) is 0 Å². The summed E-state index contributed by atoms with van der Waals surface area (Å²) >= 11 is 0. The summed E-state index contributed by atoms with van der Waals surface area (Å²) in [5.41, 5.74) is 10.3. The minimum atomic E-state index is -0.0165. The van der Waals surface area contributed by atoms with Crippen molar-refractivity contribution >= 4 is 5.78 Å². The van der Waals surface area contributed by atoms with E-state index in [9.17, 15) is 4.79 Å². The van der Waals surface area contributed by atoms with Gasteiger partial charge in [0.2, 0.25) is 0 Å². The standard InChI is InChI=1S/C22H36N2O2/c1-14-12-16-17-4-5-20(25)22(17,3)9-7-18(16)21(2)8-6-15(13-19(14)21)24-26-11-10-23/h13-14,16-19,24H,4-12,23H2,1-3H3/t14?,16-,17-,18+,19?,21+,22-/m0/s1. The Balaban J connectivity index is 1.57. The number of hydrogen-bond donors (Lipinski definition) is 2. The topological polar surface area (TPSA) is 64.3 Å². The molecule has 4 rings (SSSR count). The monoisotopic (exact) mass is 360 g/mol. The van der Waals surface area contributed by atoms with E-state index in [-0.39, 0.29) is 5.41 Å². The second kappa shape index (κ2) is 6.63. The minimum absolute atomic E-state index is 0.0165. The van der Waals surface area contributed by atoms with Crippen LogP contribution in [0.1, 0.15) is 65.7 Å². The molecule has 3 N–H and O–H groups in total. The predicted molar refractivity (Wildman–Crippen MR) is 103 cm³/mol. The average molecular weight is 361 g/mol. The highest BCUT2D eigenvalue weighted by molar-refractivity contribution is 5.87. The molecule has 146 valence electrons. The molecule has 0 amide bonds. The van der Waals surface area contributed by atoms with Crippen LogP contribution in [0.25, 0.3) is 0 Å². The lowest BCUT2D eigenvalue weighted by Gasteiger charge is -2.60. The normalized spacial score (nSPS) is 47.6. The highest BCUT2D eigenvalue weighted by atomic mass is 16.6. The van der Waals surface area contributed by atoms with E-state index >= 15 is 0 Å². The molecule has 3 saturated carbocycles. The number of carbonyl (C=O) groups excluding carboxylic acids is 1. The fourth-order valence-electron chi connectivity index (χ4n) is 7.38. The van der Waals surface area contributed by atoms with Crippen molar-refractivity contribution in [3.8, 4) is 0 Å².